The zero-order valence-corrected chi connectivity index (χ0v) is 23.8. The first-order valence-corrected chi connectivity index (χ1v) is 13.1. The lowest BCUT2D eigenvalue weighted by molar-refractivity contribution is 0.0729. The number of hydrogen-bond acceptors (Lipinski definition) is 7. The summed E-state index contributed by atoms with van der Waals surface area (Å²) in [4.78, 5) is 29.5. The predicted octanol–water partition coefficient (Wildman–Crippen LogP) is 5.69. The Kier molecular flexibility index (Phi) is 7.03. The Balaban J connectivity index is 1.66. The van der Waals surface area contributed by atoms with E-state index in [4.69, 9.17) is 18.6 Å². The molecule has 1 amide bonds. The van der Waals surface area contributed by atoms with Gasteiger partial charge in [0.15, 0.2) is 28.4 Å². The summed E-state index contributed by atoms with van der Waals surface area (Å²) in [6.45, 7) is 4.06. The van der Waals surface area contributed by atoms with Gasteiger partial charge in [0, 0.05) is 6.54 Å². The largest absolute Gasteiger partial charge is 0.503 e. The number of carbonyl (C=O) groups is 1. The molecule has 1 aliphatic heterocycles. The molecule has 0 aliphatic carbocycles. The van der Waals surface area contributed by atoms with Gasteiger partial charge in [-0.15, -0.1) is 0 Å². The number of hydrogen-bond donors (Lipinski definition) is 1. The number of phenolic OH excluding ortho intramolecular Hbond substituents is 1. The van der Waals surface area contributed by atoms with Gasteiger partial charge in [0.05, 0.1) is 42.8 Å². The average Bonchev–Trinajstić information content (AvgIpc) is 3.20. The van der Waals surface area contributed by atoms with Gasteiger partial charge in [0.2, 0.25) is 5.76 Å². The molecule has 1 aromatic heterocycles. The second kappa shape index (κ2) is 10.3. The van der Waals surface area contributed by atoms with Crippen LogP contribution < -0.4 is 19.6 Å². The summed E-state index contributed by atoms with van der Waals surface area (Å²) in [7, 11) is 4.59. The van der Waals surface area contributed by atoms with Crippen LogP contribution in [-0.4, -0.2) is 43.8 Å². The first kappa shape index (κ1) is 26.6. The highest BCUT2D eigenvalue weighted by molar-refractivity contribution is 9.10. The van der Waals surface area contributed by atoms with Crippen molar-refractivity contribution in [1.82, 2.24) is 4.90 Å². The lowest BCUT2D eigenvalue weighted by Gasteiger charge is -2.26. The summed E-state index contributed by atoms with van der Waals surface area (Å²) in [5.41, 5.74) is 3.65. The maximum absolute atomic E-state index is 14.0. The zero-order chi connectivity index (χ0) is 28.0. The quantitative estimate of drug-likeness (QED) is 0.294. The fraction of sp³-hybridized carbons (Fsp3) is 0.267. The molecule has 0 fully saturated rings. The maximum Gasteiger partial charge on any atom is 0.290 e. The Morgan fingerprint density at radius 2 is 1.67 bits per heavy atom. The summed E-state index contributed by atoms with van der Waals surface area (Å²) >= 11 is 3.38. The van der Waals surface area contributed by atoms with E-state index in [1.165, 1.54) is 7.11 Å². The van der Waals surface area contributed by atoms with E-state index in [-0.39, 0.29) is 40.7 Å². The van der Waals surface area contributed by atoms with Crippen LogP contribution in [0.2, 0.25) is 0 Å². The number of rotatable bonds is 7. The second-order valence-corrected chi connectivity index (χ2v) is 10.4. The molecule has 0 bridgehead atoms. The minimum absolute atomic E-state index is 0.0277. The molecule has 4 aromatic rings. The number of ether oxygens (including phenoxy) is 3. The highest BCUT2D eigenvalue weighted by Gasteiger charge is 2.43. The number of fused-ring (bicyclic) bond motifs is 2. The van der Waals surface area contributed by atoms with Crippen molar-refractivity contribution in [3.05, 3.63) is 90.7 Å². The van der Waals surface area contributed by atoms with Crippen LogP contribution in [0.3, 0.4) is 0 Å². The monoisotopic (exact) mass is 593 g/mol. The Morgan fingerprint density at radius 1 is 0.949 bits per heavy atom. The molecule has 1 unspecified atom stereocenters. The van der Waals surface area contributed by atoms with Gasteiger partial charge in [-0.25, -0.2) is 0 Å². The molecule has 0 saturated heterocycles. The van der Waals surface area contributed by atoms with Crippen molar-refractivity contribution in [3.8, 4) is 23.0 Å². The van der Waals surface area contributed by atoms with E-state index in [1.807, 2.05) is 38.1 Å². The van der Waals surface area contributed by atoms with Crippen LogP contribution >= 0.6 is 15.9 Å². The highest BCUT2D eigenvalue weighted by atomic mass is 79.9. The van der Waals surface area contributed by atoms with Crippen molar-refractivity contribution in [2.45, 2.75) is 26.3 Å². The number of halogens is 1. The number of aromatic hydroxyl groups is 1. The average molecular weight is 594 g/mol. The molecule has 2 heterocycles. The number of phenols is 1. The fourth-order valence-corrected chi connectivity index (χ4v) is 5.70. The molecule has 0 saturated carbocycles. The van der Waals surface area contributed by atoms with E-state index in [0.29, 0.717) is 38.9 Å². The van der Waals surface area contributed by atoms with Crippen LogP contribution in [0, 0.1) is 13.8 Å². The molecule has 0 radical (unpaired) electrons. The normalized spacial score (nSPS) is 14.6. The topological polar surface area (TPSA) is 98.4 Å². The van der Waals surface area contributed by atoms with Gasteiger partial charge in [-0.05, 0) is 88.8 Å². The minimum Gasteiger partial charge on any atom is -0.503 e. The van der Waals surface area contributed by atoms with Crippen LogP contribution in [0.15, 0.2) is 56.1 Å². The van der Waals surface area contributed by atoms with E-state index in [0.717, 1.165) is 16.7 Å². The first-order valence-electron chi connectivity index (χ1n) is 12.3. The van der Waals surface area contributed by atoms with Gasteiger partial charge in [0.1, 0.15) is 5.58 Å². The summed E-state index contributed by atoms with van der Waals surface area (Å²) < 4.78 is 22.7. The van der Waals surface area contributed by atoms with Gasteiger partial charge >= 0.3 is 0 Å². The molecule has 1 aliphatic rings. The van der Waals surface area contributed by atoms with E-state index in [9.17, 15) is 14.7 Å². The summed E-state index contributed by atoms with van der Waals surface area (Å²) in [5.74, 6) is 0.995. The molecule has 1 atom stereocenters. The molecular weight excluding hydrogens is 566 g/mol. The predicted molar refractivity (Wildman–Crippen MR) is 150 cm³/mol. The number of nitrogens with zero attached hydrogens (tertiary/aromatic N) is 1. The van der Waals surface area contributed by atoms with Crippen molar-refractivity contribution < 1.29 is 28.5 Å². The molecule has 3 aromatic carbocycles. The third-order valence-electron chi connectivity index (χ3n) is 7.07. The van der Waals surface area contributed by atoms with Crippen molar-refractivity contribution in [2.75, 3.05) is 27.9 Å². The van der Waals surface area contributed by atoms with Crippen LogP contribution in [0.5, 0.6) is 23.0 Å². The molecule has 1 N–H and O–H groups in total. The van der Waals surface area contributed by atoms with Crippen molar-refractivity contribution >= 4 is 32.8 Å². The van der Waals surface area contributed by atoms with E-state index < -0.39 is 6.04 Å². The lowest BCUT2D eigenvalue weighted by Crippen LogP contribution is -2.31. The summed E-state index contributed by atoms with van der Waals surface area (Å²) in [6.07, 6.45) is 0.485. The van der Waals surface area contributed by atoms with Crippen LogP contribution in [0.1, 0.15) is 44.4 Å². The Hall–Kier alpha value is -3.98. The number of amides is 1. The molecular formula is C30H28BrNO7. The van der Waals surface area contributed by atoms with Gasteiger partial charge in [-0.2, -0.15) is 0 Å². The summed E-state index contributed by atoms with van der Waals surface area (Å²) in [5, 5.41) is 10.9. The highest BCUT2D eigenvalue weighted by Crippen LogP contribution is 2.44. The van der Waals surface area contributed by atoms with Crippen molar-refractivity contribution in [2.24, 2.45) is 0 Å². The van der Waals surface area contributed by atoms with Gasteiger partial charge in [-0.3, -0.25) is 9.59 Å². The number of benzene rings is 3. The second-order valence-electron chi connectivity index (χ2n) is 9.53. The molecule has 0 spiro atoms. The molecule has 5 rings (SSSR count). The van der Waals surface area contributed by atoms with Gasteiger partial charge < -0.3 is 28.6 Å². The number of methoxy groups -OCH3 is 3. The van der Waals surface area contributed by atoms with Gasteiger partial charge in [-0.1, -0.05) is 12.1 Å². The minimum atomic E-state index is -0.750. The van der Waals surface area contributed by atoms with Crippen molar-refractivity contribution in [3.63, 3.8) is 0 Å². The molecule has 39 heavy (non-hydrogen) atoms. The number of carbonyl (C=O) groups excluding carboxylic acids is 1. The van der Waals surface area contributed by atoms with Crippen LogP contribution in [0.25, 0.3) is 11.0 Å². The lowest BCUT2D eigenvalue weighted by atomic mass is 9.97. The Morgan fingerprint density at radius 3 is 2.36 bits per heavy atom. The van der Waals surface area contributed by atoms with E-state index in [1.54, 1.807) is 37.3 Å². The van der Waals surface area contributed by atoms with E-state index in [2.05, 4.69) is 15.9 Å². The number of aryl methyl sites for hydroxylation is 2. The third-order valence-corrected chi connectivity index (χ3v) is 7.68. The fourth-order valence-electron chi connectivity index (χ4n) is 5.24. The summed E-state index contributed by atoms with van der Waals surface area (Å²) in [6, 6.07) is 11.9. The standard InChI is InChI=1S/C30H28BrNO7/c1-15-10-16(2)28-19(11-15)26(33)24-25(18-13-20(31)27(34)23(14-18)38-5)32(30(35)29(24)39-28)9-8-17-6-7-21(36-3)22(12-17)37-4/h6-7,10-14,25,34H,8-9H2,1-5H3. The Bertz CT molecular complexity index is 1680. The van der Waals surface area contributed by atoms with Crippen LogP contribution in [-0.2, 0) is 6.42 Å². The zero-order valence-electron chi connectivity index (χ0n) is 22.3. The smallest absolute Gasteiger partial charge is 0.290 e. The molecule has 9 heteroatoms. The van der Waals surface area contributed by atoms with E-state index >= 15 is 0 Å². The molecule has 202 valence electrons. The first-order chi connectivity index (χ1) is 18.7. The van der Waals surface area contributed by atoms with Crippen LogP contribution in [0.4, 0.5) is 0 Å². The van der Waals surface area contributed by atoms with Gasteiger partial charge in [0.25, 0.3) is 5.91 Å². The SMILES string of the molecule is COc1ccc(CCN2C(=O)c3oc4c(C)cc(C)cc4c(=O)c3C2c2cc(Br)c(O)c(OC)c2)cc1OC. The molecule has 8 nitrogen and oxygen atoms in total. The Labute approximate surface area is 233 Å². The van der Waals surface area contributed by atoms with Crippen molar-refractivity contribution in [1.29, 1.82) is 0 Å². The maximum atomic E-state index is 14.0. The third kappa shape index (κ3) is 4.50.